The van der Waals surface area contributed by atoms with Crippen LogP contribution < -0.4 is 29.6 Å². The van der Waals surface area contributed by atoms with Gasteiger partial charge < -0.3 is 27.0 Å². The van der Waals surface area contributed by atoms with Crippen molar-refractivity contribution in [3.8, 4) is 0 Å². The van der Waals surface area contributed by atoms with Gasteiger partial charge >= 0.3 is 35.5 Å². The molecule has 3 unspecified atom stereocenters. The summed E-state index contributed by atoms with van der Waals surface area (Å²) in [6.07, 6.45) is -5.16. The molecule has 1 rings (SSSR count). The van der Waals surface area contributed by atoms with Gasteiger partial charge in [0, 0.05) is 12.8 Å². The molecule has 0 saturated heterocycles. The molecular formula is C7H13NaO6. The molecular weight excluding hydrogens is 203 g/mol. The third-order valence-electron chi connectivity index (χ3n) is 2.28. The van der Waals surface area contributed by atoms with E-state index in [4.69, 9.17) is 20.4 Å². The Morgan fingerprint density at radius 2 is 1.57 bits per heavy atom. The molecule has 0 aromatic rings. The predicted molar refractivity (Wildman–Crippen MR) is 41.0 cm³/mol. The monoisotopic (exact) mass is 216 g/mol. The number of hydrogen-bond acceptors (Lipinski definition) is 5. The van der Waals surface area contributed by atoms with E-state index < -0.39 is 42.7 Å². The van der Waals surface area contributed by atoms with Gasteiger partial charge in [-0.1, -0.05) is 0 Å². The SMILES string of the molecule is O=C(O)C1(O)CC(O)C(O)[C@H](O)C1.[H-].[Na+]. The Morgan fingerprint density at radius 1 is 1.21 bits per heavy atom. The van der Waals surface area contributed by atoms with Gasteiger partial charge in [0.05, 0.1) is 12.2 Å². The Bertz CT molecular complexity index is 214. The second-order valence-corrected chi connectivity index (χ2v) is 3.37. The third kappa shape index (κ3) is 2.66. The summed E-state index contributed by atoms with van der Waals surface area (Å²) >= 11 is 0. The fraction of sp³-hybridized carbons (Fsp3) is 0.857. The zero-order chi connectivity index (χ0) is 10.2. The van der Waals surface area contributed by atoms with Gasteiger partial charge in [-0.05, 0) is 0 Å². The molecule has 6 nitrogen and oxygen atoms in total. The first kappa shape index (κ1) is 14.3. The van der Waals surface area contributed by atoms with E-state index in [0.717, 1.165) is 0 Å². The van der Waals surface area contributed by atoms with Crippen molar-refractivity contribution in [2.75, 3.05) is 0 Å². The zero-order valence-corrected chi connectivity index (χ0v) is 9.79. The van der Waals surface area contributed by atoms with Crippen molar-refractivity contribution in [1.82, 2.24) is 0 Å². The van der Waals surface area contributed by atoms with Gasteiger partial charge in [0.25, 0.3) is 0 Å². The normalized spacial score (nSPS) is 42.7. The molecule has 0 aliphatic heterocycles. The number of hydrogen-bond donors (Lipinski definition) is 5. The standard InChI is InChI=1S/C7H12O6.Na.H/c8-3-1-7(13,6(11)12)2-4(9)5(3)10;;/h3-5,8-10,13H,1-2H2,(H,11,12);;/q;+1;-1/t3-,4?,5?,7?;;/m1../s1. The number of aliphatic hydroxyl groups is 4. The maximum absolute atomic E-state index is 10.5. The summed E-state index contributed by atoms with van der Waals surface area (Å²) in [6, 6.07) is 0. The van der Waals surface area contributed by atoms with Crippen LogP contribution in [0.2, 0.25) is 0 Å². The Hall–Kier alpha value is 0.310. The van der Waals surface area contributed by atoms with E-state index in [0.29, 0.717) is 0 Å². The first-order valence-electron chi connectivity index (χ1n) is 3.87. The van der Waals surface area contributed by atoms with Gasteiger partial charge in [-0.25, -0.2) is 4.79 Å². The van der Waals surface area contributed by atoms with Crippen LogP contribution in [0.15, 0.2) is 0 Å². The van der Waals surface area contributed by atoms with Gasteiger partial charge in [0.15, 0.2) is 5.60 Å². The fourth-order valence-corrected chi connectivity index (χ4v) is 1.45. The van der Waals surface area contributed by atoms with E-state index in [-0.39, 0.29) is 31.0 Å². The summed E-state index contributed by atoms with van der Waals surface area (Å²) in [5.41, 5.74) is -2.14. The van der Waals surface area contributed by atoms with Crippen LogP contribution in [0.4, 0.5) is 0 Å². The molecule has 5 N–H and O–H groups in total. The van der Waals surface area contributed by atoms with Gasteiger partial charge in [-0.3, -0.25) is 0 Å². The molecule has 1 saturated carbocycles. The van der Waals surface area contributed by atoms with Gasteiger partial charge in [0.2, 0.25) is 0 Å². The number of carboxylic acids is 1. The fourth-order valence-electron chi connectivity index (χ4n) is 1.45. The minimum absolute atomic E-state index is 0. The smallest absolute Gasteiger partial charge is 1.00 e. The molecule has 0 spiro atoms. The van der Waals surface area contributed by atoms with Crippen LogP contribution in [0.25, 0.3) is 0 Å². The van der Waals surface area contributed by atoms with E-state index >= 15 is 0 Å². The Morgan fingerprint density at radius 3 is 1.86 bits per heavy atom. The molecule has 4 atom stereocenters. The number of aliphatic hydroxyl groups excluding tert-OH is 3. The van der Waals surface area contributed by atoms with Crippen molar-refractivity contribution in [2.45, 2.75) is 36.8 Å². The van der Waals surface area contributed by atoms with Crippen LogP contribution in [-0.4, -0.2) is 55.4 Å². The Labute approximate surface area is 104 Å². The molecule has 0 aromatic heterocycles. The average molecular weight is 216 g/mol. The average Bonchev–Trinajstić information content (AvgIpc) is 2.00. The van der Waals surface area contributed by atoms with Crippen molar-refractivity contribution in [1.29, 1.82) is 0 Å². The van der Waals surface area contributed by atoms with E-state index in [1.54, 1.807) is 0 Å². The van der Waals surface area contributed by atoms with Crippen molar-refractivity contribution in [2.24, 2.45) is 0 Å². The summed E-state index contributed by atoms with van der Waals surface area (Å²) in [5, 5.41) is 45.2. The molecule has 0 radical (unpaired) electrons. The Balaban J connectivity index is 0. The number of carbonyl (C=O) groups is 1. The molecule has 78 valence electrons. The van der Waals surface area contributed by atoms with Crippen LogP contribution in [0.1, 0.15) is 14.3 Å². The van der Waals surface area contributed by atoms with Crippen LogP contribution in [0.5, 0.6) is 0 Å². The van der Waals surface area contributed by atoms with Crippen LogP contribution in [-0.2, 0) is 4.79 Å². The Kier molecular flexibility index (Phi) is 5.00. The number of carboxylic acid groups (broad SMARTS) is 1. The second-order valence-electron chi connectivity index (χ2n) is 3.37. The minimum atomic E-state index is -2.14. The third-order valence-corrected chi connectivity index (χ3v) is 2.28. The molecule has 7 heteroatoms. The maximum atomic E-state index is 10.5. The zero-order valence-electron chi connectivity index (χ0n) is 8.79. The summed E-state index contributed by atoms with van der Waals surface area (Å²) in [4.78, 5) is 10.5. The van der Waals surface area contributed by atoms with E-state index in [2.05, 4.69) is 0 Å². The summed E-state index contributed by atoms with van der Waals surface area (Å²) in [6.45, 7) is 0. The number of aliphatic carboxylic acids is 1. The van der Waals surface area contributed by atoms with Crippen molar-refractivity contribution < 1.29 is 61.3 Å². The van der Waals surface area contributed by atoms with Crippen molar-refractivity contribution in [3.63, 3.8) is 0 Å². The molecule has 0 aromatic carbocycles. The van der Waals surface area contributed by atoms with Gasteiger partial charge in [-0.15, -0.1) is 0 Å². The first-order chi connectivity index (χ1) is 5.87. The van der Waals surface area contributed by atoms with E-state index in [9.17, 15) is 9.90 Å². The predicted octanol–water partition coefficient (Wildman–Crippen LogP) is -5.20. The molecule has 0 bridgehead atoms. The van der Waals surface area contributed by atoms with E-state index in [1.807, 2.05) is 0 Å². The molecule has 0 amide bonds. The molecule has 0 heterocycles. The second kappa shape index (κ2) is 4.89. The first-order valence-corrected chi connectivity index (χ1v) is 3.87. The topological polar surface area (TPSA) is 118 Å². The number of rotatable bonds is 1. The molecule has 1 aliphatic rings. The summed E-state index contributed by atoms with van der Waals surface area (Å²) in [5.74, 6) is -1.50. The van der Waals surface area contributed by atoms with E-state index in [1.165, 1.54) is 0 Å². The minimum Gasteiger partial charge on any atom is -1.00 e. The molecule has 14 heavy (non-hydrogen) atoms. The van der Waals surface area contributed by atoms with Crippen LogP contribution >= 0.6 is 0 Å². The largest absolute Gasteiger partial charge is 1.00 e. The van der Waals surface area contributed by atoms with Crippen LogP contribution in [0.3, 0.4) is 0 Å². The molecule has 1 fully saturated rings. The summed E-state index contributed by atoms with van der Waals surface area (Å²) in [7, 11) is 0. The quantitative estimate of drug-likeness (QED) is 0.280. The summed E-state index contributed by atoms with van der Waals surface area (Å²) < 4.78 is 0. The van der Waals surface area contributed by atoms with Crippen molar-refractivity contribution >= 4 is 5.97 Å². The maximum Gasteiger partial charge on any atom is 1.00 e. The van der Waals surface area contributed by atoms with Gasteiger partial charge in [-0.2, -0.15) is 0 Å². The van der Waals surface area contributed by atoms with Gasteiger partial charge in [0.1, 0.15) is 6.10 Å². The van der Waals surface area contributed by atoms with Crippen LogP contribution in [0, 0.1) is 0 Å². The molecule has 1 aliphatic carbocycles. The van der Waals surface area contributed by atoms with Crippen molar-refractivity contribution in [3.05, 3.63) is 0 Å².